The summed E-state index contributed by atoms with van der Waals surface area (Å²) in [7, 11) is 1.67. The maximum atomic E-state index is 11.6. The van der Waals surface area contributed by atoms with Crippen molar-refractivity contribution in [1.82, 2.24) is 15.1 Å². The fraction of sp³-hybridized carbons (Fsp3) is 0.600. The Morgan fingerprint density at radius 3 is 2.79 bits per heavy atom. The average Bonchev–Trinajstić information content (AvgIpc) is 2.08. The van der Waals surface area contributed by atoms with Crippen molar-refractivity contribution in [2.75, 3.05) is 0 Å². The molecular weight excluding hydrogens is 178 g/mol. The van der Waals surface area contributed by atoms with E-state index in [2.05, 4.69) is 24.3 Å². The van der Waals surface area contributed by atoms with E-state index in [-0.39, 0.29) is 5.56 Å². The topological polar surface area (TPSA) is 46.9 Å². The van der Waals surface area contributed by atoms with Crippen LogP contribution in [0, 0.1) is 6.92 Å². The van der Waals surface area contributed by atoms with Gasteiger partial charge in [-0.3, -0.25) is 4.79 Å². The van der Waals surface area contributed by atoms with Gasteiger partial charge in [0.15, 0.2) is 0 Å². The molecule has 1 heterocycles. The van der Waals surface area contributed by atoms with Crippen molar-refractivity contribution in [3.05, 3.63) is 27.7 Å². The molecule has 1 N–H and O–H groups in total. The molecule has 14 heavy (non-hydrogen) atoms. The molecule has 0 spiro atoms. The van der Waals surface area contributed by atoms with Gasteiger partial charge in [-0.1, -0.05) is 13.8 Å². The van der Waals surface area contributed by atoms with Gasteiger partial charge in [-0.25, -0.2) is 4.68 Å². The molecule has 1 aromatic rings. The second-order valence-corrected chi connectivity index (χ2v) is 3.78. The van der Waals surface area contributed by atoms with Gasteiger partial charge in [-0.15, -0.1) is 0 Å². The van der Waals surface area contributed by atoms with Crippen LogP contribution in [-0.2, 0) is 13.6 Å². The van der Waals surface area contributed by atoms with Crippen LogP contribution in [0.5, 0.6) is 0 Å². The lowest BCUT2D eigenvalue weighted by atomic mass is 10.2. The quantitative estimate of drug-likeness (QED) is 0.767. The molecule has 0 atom stereocenters. The molecule has 0 unspecified atom stereocenters. The van der Waals surface area contributed by atoms with E-state index >= 15 is 0 Å². The highest BCUT2D eigenvalue weighted by Crippen LogP contribution is 1.94. The minimum Gasteiger partial charge on any atom is -0.310 e. The zero-order chi connectivity index (χ0) is 10.7. The number of hydrogen-bond acceptors (Lipinski definition) is 3. The van der Waals surface area contributed by atoms with Crippen LogP contribution in [0.25, 0.3) is 0 Å². The van der Waals surface area contributed by atoms with Crippen LogP contribution in [0.1, 0.15) is 25.1 Å². The zero-order valence-electron chi connectivity index (χ0n) is 9.16. The molecule has 4 heteroatoms. The van der Waals surface area contributed by atoms with E-state index in [1.165, 1.54) is 4.68 Å². The number of aryl methyl sites for hydroxylation is 2. The highest BCUT2D eigenvalue weighted by molar-refractivity contribution is 5.12. The molecule has 0 aliphatic heterocycles. The lowest BCUT2D eigenvalue weighted by Crippen LogP contribution is -2.30. The van der Waals surface area contributed by atoms with Gasteiger partial charge >= 0.3 is 0 Å². The SMILES string of the molecule is Cc1cc(CNC(C)C)c(=O)n(C)n1. The Labute approximate surface area is 84.0 Å². The van der Waals surface area contributed by atoms with Gasteiger partial charge in [0.1, 0.15) is 0 Å². The Bertz CT molecular complexity index is 368. The van der Waals surface area contributed by atoms with Crippen LogP contribution in [0.2, 0.25) is 0 Å². The number of nitrogens with zero attached hydrogens (tertiary/aromatic N) is 2. The van der Waals surface area contributed by atoms with Crippen LogP contribution in [0.3, 0.4) is 0 Å². The van der Waals surface area contributed by atoms with Crippen molar-refractivity contribution in [2.45, 2.75) is 33.4 Å². The summed E-state index contributed by atoms with van der Waals surface area (Å²) in [6, 6.07) is 2.21. The highest BCUT2D eigenvalue weighted by Gasteiger charge is 2.03. The minimum absolute atomic E-state index is 0.0243. The van der Waals surface area contributed by atoms with Crippen LogP contribution >= 0.6 is 0 Å². The maximum absolute atomic E-state index is 11.6. The van der Waals surface area contributed by atoms with Gasteiger partial charge in [0.05, 0.1) is 5.69 Å². The predicted molar refractivity (Wildman–Crippen MR) is 56.2 cm³/mol. The van der Waals surface area contributed by atoms with E-state index in [1.807, 2.05) is 13.0 Å². The van der Waals surface area contributed by atoms with E-state index in [0.29, 0.717) is 12.6 Å². The van der Waals surface area contributed by atoms with Crippen molar-refractivity contribution >= 4 is 0 Å². The summed E-state index contributed by atoms with van der Waals surface area (Å²) in [6.45, 7) is 6.60. The average molecular weight is 195 g/mol. The number of hydrogen-bond donors (Lipinski definition) is 1. The predicted octanol–water partition coefficient (Wildman–Crippen LogP) is 0.587. The molecule has 1 aromatic heterocycles. The van der Waals surface area contributed by atoms with Crippen molar-refractivity contribution in [2.24, 2.45) is 7.05 Å². The first kappa shape index (κ1) is 10.9. The minimum atomic E-state index is -0.0243. The van der Waals surface area contributed by atoms with Gasteiger partial charge < -0.3 is 5.32 Å². The van der Waals surface area contributed by atoms with Crippen LogP contribution < -0.4 is 10.9 Å². The molecule has 0 saturated carbocycles. The van der Waals surface area contributed by atoms with Gasteiger partial charge in [0, 0.05) is 25.2 Å². The summed E-state index contributed by atoms with van der Waals surface area (Å²) in [5.74, 6) is 0. The molecule has 0 aliphatic carbocycles. The van der Waals surface area contributed by atoms with Crippen molar-refractivity contribution in [1.29, 1.82) is 0 Å². The molecule has 1 rings (SSSR count). The summed E-state index contributed by atoms with van der Waals surface area (Å²) in [6.07, 6.45) is 0. The van der Waals surface area contributed by atoms with E-state index in [4.69, 9.17) is 0 Å². The molecule has 0 aromatic carbocycles. The van der Waals surface area contributed by atoms with Gasteiger partial charge in [0.2, 0.25) is 0 Å². The summed E-state index contributed by atoms with van der Waals surface area (Å²) in [5.41, 5.74) is 1.62. The Balaban J connectivity index is 2.91. The summed E-state index contributed by atoms with van der Waals surface area (Å²) in [5, 5.41) is 7.25. The standard InChI is InChI=1S/C10H17N3O/c1-7(2)11-6-9-5-8(3)12-13(4)10(9)14/h5,7,11H,6H2,1-4H3. The van der Waals surface area contributed by atoms with E-state index in [9.17, 15) is 4.79 Å². The molecule has 0 radical (unpaired) electrons. The number of aromatic nitrogens is 2. The third kappa shape index (κ3) is 2.67. The Morgan fingerprint density at radius 2 is 2.21 bits per heavy atom. The molecule has 4 nitrogen and oxygen atoms in total. The number of nitrogens with one attached hydrogen (secondary N) is 1. The van der Waals surface area contributed by atoms with Crippen molar-refractivity contribution in [3.63, 3.8) is 0 Å². The second-order valence-electron chi connectivity index (χ2n) is 3.78. The summed E-state index contributed by atoms with van der Waals surface area (Å²) in [4.78, 5) is 11.6. The van der Waals surface area contributed by atoms with Gasteiger partial charge in [0.25, 0.3) is 5.56 Å². The monoisotopic (exact) mass is 195 g/mol. The third-order valence-corrected chi connectivity index (χ3v) is 1.96. The molecule has 78 valence electrons. The van der Waals surface area contributed by atoms with Crippen LogP contribution in [0.4, 0.5) is 0 Å². The fourth-order valence-corrected chi connectivity index (χ4v) is 1.27. The Morgan fingerprint density at radius 1 is 1.57 bits per heavy atom. The highest BCUT2D eigenvalue weighted by atomic mass is 16.1. The largest absolute Gasteiger partial charge is 0.310 e. The molecule has 0 amide bonds. The lowest BCUT2D eigenvalue weighted by molar-refractivity contribution is 0.575. The van der Waals surface area contributed by atoms with Crippen molar-refractivity contribution in [3.8, 4) is 0 Å². The first-order valence-electron chi connectivity index (χ1n) is 4.78. The van der Waals surface area contributed by atoms with Crippen molar-refractivity contribution < 1.29 is 0 Å². The second kappa shape index (κ2) is 4.37. The lowest BCUT2D eigenvalue weighted by Gasteiger charge is -2.08. The summed E-state index contributed by atoms with van der Waals surface area (Å²) >= 11 is 0. The fourth-order valence-electron chi connectivity index (χ4n) is 1.27. The third-order valence-electron chi connectivity index (χ3n) is 1.96. The normalized spacial score (nSPS) is 10.9. The van der Waals surface area contributed by atoms with E-state index in [0.717, 1.165) is 11.3 Å². The zero-order valence-corrected chi connectivity index (χ0v) is 9.16. The van der Waals surface area contributed by atoms with E-state index < -0.39 is 0 Å². The van der Waals surface area contributed by atoms with Crippen LogP contribution in [-0.4, -0.2) is 15.8 Å². The first-order valence-corrected chi connectivity index (χ1v) is 4.78. The Kier molecular flexibility index (Phi) is 3.41. The van der Waals surface area contributed by atoms with Gasteiger partial charge in [-0.05, 0) is 13.0 Å². The molecule has 0 saturated heterocycles. The number of rotatable bonds is 3. The molecular formula is C10H17N3O. The van der Waals surface area contributed by atoms with Gasteiger partial charge in [-0.2, -0.15) is 5.10 Å². The van der Waals surface area contributed by atoms with Crippen LogP contribution in [0.15, 0.2) is 10.9 Å². The molecule has 0 aliphatic rings. The first-order chi connectivity index (χ1) is 6.50. The maximum Gasteiger partial charge on any atom is 0.270 e. The van der Waals surface area contributed by atoms with E-state index in [1.54, 1.807) is 7.05 Å². The summed E-state index contributed by atoms with van der Waals surface area (Å²) < 4.78 is 1.38. The molecule has 0 fully saturated rings. The smallest absolute Gasteiger partial charge is 0.270 e. The molecule has 0 bridgehead atoms. The Hall–Kier alpha value is -1.16.